The van der Waals surface area contributed by atoms with Crippen LogP contribution in [0.4, 0.5) is 21.9 Å². The van der Waals surface area contributed by atoms with Gasteiger partial charge in [0.05, 0.1) is 0 Å². The third-order valence-corrected chi connectivity index (χ3v) is 3.08. The van der Waals surface area contributed by atoms with Crippen molar-refractivity contribution in [3.05, 3.63) is 54.1 Å². The average Bonchev–Trinajstić information content (AvgIpc) is 2.56. The van der Waals surface area contributed by atoms with Crippen LogP contribution in [-0.4, -0.2) is 17.8 Å². The first-order chi connectivity index (χ1) is 11.1. The first-order valence-corrected chi connectivity index (χ1v) is 7.24. The second-order valence-electron chi connectivity index (χ2n) is 4.56. The van der Waals surface area contributed by atoms with Gasteiger partial charge in [0.25, 0.3) is 0 Å². The number of halogens is 1. The Hall–Kier alpha value is -2.97. The molecule has 0 atom stereocenters. The average molecular weight is 328 g/mol. The molecule has 2 aromatic carbocycles. The van der Waals surface area contributed by atoms with E-state index in [2.05, 4.69) is 21.9 Å². The Morgan fingerprint density at radius 3 is 2.17 bits per heavy atom. The molecule has 0 saturated carbocycles. The predicted octanol–water partition coefficient (Wildman–Crippen LogP) is 3.49. The summed E-state index contributed by atoms with van der Waals surface area (Å²) in [5.41, 5.74) is 2.47. The van der Waals surface area contributed by atoms with E-state index in [1.165, 1.54) is 0 Å². The lowest BCUT2D eigenvalue weighted by atomic mass is 10.2. The summed E-state index contributed by atoms with van der Waals surface area (Å²) in [5.74, 6) is 2.10. The van der Waals surface area contributed by atoms with E-state index in [0.717, 1.165) is 0 Å². The van der Waals surface area contributed by atoms with Crippen molar-refractivity contribution in [2.45, 2.75) is 0 Å². The molecule has 0 aromatic heterocycles. The van der Waals surface area contributed by atoms with Gasteiger partial charge in [-0.1, -0.05) is 12.0 Å². The topological polar surface area (TPSA) is 70.2 Å². The number of benzene rings is 2. The van der Waals surface area contributed by atoms with Crippen LogP contribution in [0.3, 0.4) is 0 Å². The lowest BCUT2D eigenvalue weighted by Crippen LogP contribution is -2.19. The fourth-order valence-corrected chi connectivity index (χ4v) is 1.88. The molecule has 0 spiro atoms. The van der Waals surface area contributed by atoms with Crippen LogP contribution in [-0.2, 0) is 4.79 Å². The maximum Gasteiger partial charge on any atom is 0.323 e. The van der Waals surface area contributed by atoms with E-state index in [4.69, 9.17) is 18.0 Å². The van der Waals surface area contributed by atoms with Crippen molar-refractivity contribution in [1.29, 1.82) is 0 Å². The molecule has 3 amide bonds. The highest BCUT2D eigenvalue weighted by Gasteiger charge is 2.04. The minimum Gasteiger partial charge on any atom is -0.325 e. The molecule has 6 heteroatoms. The Bertz CT molecular complexity index is 751. The highest BCUT2D eigenvalue weighted by atomic mass is 35.5. The largest absolute Gasteiger partial charge is 0.325 e. The van der Waals surface area contributed by atoms with Crippen LogP contribution in [0.1, 0.15) is 5.56 Å². The van der Waals surface area contributed by atoms with Crippen molar-refractivity contribution in [3.8, 4) is 12.3 Å². The molecule has 3 N–H and O–H groups in total. The summed E-state index contributed by atoms with van der Waals surface area (Å²) in [4.78, 5) is 23.1. The second kappa shape index (κ2) is 7.87. The van der Waals surface area contributed by atoms with Gasteiger partial charge in [-0.05, 0) is 42.5 Å². The standard InChI is InChI=1S/C17H14ClN3O2/c1-2-12-4-3-5-15(10-12)21-17(23)20-14-8-6-13(7-9-14)19-16(22)11-18/h1,3-10H,11H2,(H,19,22)(H2,20,21,23). The van der Waals surface area contributed by atoms with Crippen molar-refractivity contribution < 1.29 is 9.59 Å². The van der Waals surface area contributed by atoms with Gasteiger partial charge in [-0.15, -0.1) is 18.0 Å². The summed E-state index contributed by atoms with van der Waals surface area (Å²) < 4.78 is 0. The van der Waals surface area contributed by atoms with E-state index in [0.29, 0.717) is 22.6 Å². The first-order valence-electron chi connectivity index (χ1n) is 6.71. The van der Waals surface area contributed by atoms with E-state index in [9.17, 15) is 9.59 Å². The number of carbonyl (C=O) groups is 2. The first kappa shape index (κ1) is 16.4. The molecule has 0 radical (unpaired) electrons. The predicted molar refractivity (Wildman–Crippen MR) is 92.8 cm³/mol. The van der Waals surface area contributed by atoms with Gasteiger partial charge in [0.2, 0.25) is 5.91 Å². The maximum absolute atomic E-state index is 11.9. The molecule has 2 rings (SSSR count). The number of nitrogens with one attached hydrogen (secondary N) is 3. The molecular formula is C17H14ClN3O2. The molecule has 0 fully saturated rings. The minimum absolute atomic E-state index is 0.112. The summed E-state index contributed by atoms with van der Waals surface area (Å²) in [7, 11) is 0. The summed E-state index contributed by atoms with van der Waals surface area (Å²) in [5, 5.41) is 7.98. The van der Waals surface area contributed by atoms with E-state index < -0.39 is 6.03 Å². The zero-order valence-corrected chi connectivity index (χ0v) is 12.9. The highest BCUT2D eigenvalue weighted by molar-refractivity contribution is 6.29. The molecule has 2 aromatic rings. The molecule has 0 heterocycles. The zero-order chi connectivity index (χ0) is 16.7. The number of alkyl halides is 1. The SMILES string of the molecule is C#Cc1cccc(NC(=O)Nc2ccc(NC(=O)CCl)cc2)c1. The Morgan fingerprint density at radius 2 is 1.57 bits per heavy atom. The maximum atomic E-state index is 11.9. The normalized spacial score (nSPS) is 9.57. The Balaban J connectivity index is 1.94. The van der Waals surface area contributed by atoms with E-state index >= 15 is 0 Å². The van der Waals surface area contributed by atoms with Crippen LogP contribution >= 0.6 is 11.6 Å². The Kier molecular flexibility index (Phi) is 5.61. The summed E-state index contributed by atoms with van der Waals surface area (Å²) in [6.07, 6.45) is 5.32. The lowest BCUT2D eigenvalue weighted by molar-refractivity contribution is -0.113. The van der Waals surface area contributed by atoms with Crippen molar-refractivity contribution in [1.82, 2.24) is 0 Å². The number of amides is 3. The van der Waals surface area contributed by atoms with Crippen LogP contribution < -0.4 is 16.0 Å². The molecule has 0 aliphatic rings. The summed E-state index contributed by atoms with van der Waals surface area (Å²) >= 11 is 5.41. The smallest absolute Gasteiger partial charge is 0.323 e. The molecule has 116 valence electrons. The van der Waals surface area contributed by atoms with Crippen LogP contribution in [0, 0.1) is 12.3 Å². The number of hydrogen-bond donors (Lipinski definition) is 3. The lowest BCUT2D eigenvalue weighted by Gasteiger charge is -2.09. The second-order valence-corrected chi connectivity index (χ2v) is 4.83. The number of urea groups is 1. The number of anilines is 3. The third kappa shape index (κ3) is 5.06. The number of carbonyl (C=O) groups excluding carboxylic acids is 2. The molecule has 0 bridgehead atoms. The minimum atomic E-state index is -0.392. The van der Waals surface area contributed by atoms with E-state index in [-0.39, 0.29) is 11.8 Å². The zero-order valence-electron chi connectivity index (χ0n) is 12.1. The summed E-state index contributed by atoms with van der Waals surface area (Å²) in [6.45, 7) is 0. The van der Waals surface area contributed by atoms with Gasteiger partial charge < -0.3 is 16.0 Å². The van der Waals surface area contributed by atoms with Crippen LogP contribution in [0.25, 0.3) is 0 Å². The molecule has 0 saturated heterocycles. The van der Waals surface area contributed by atoms with Gasteiger partial charge in [-0.25, -0.2) is 4.79 Å². The fourth-order valence-electron chi connectivity index (χ4n) is 1.81. The fraction of sp³-hybridized carbons (Fsp3) is 0.0588. The van der Waals surface area contributed by atoms with Crippen molar-refractivity contribution in [3.63, 3.8) is 0 Å². The van der Waals surface area contributed by atoms with E-state index in [1.54, 1.807) is 48.5 Å². The Labute approximate surface area is 139 Å². The number of terminal acetylenes is 1. The highest BCUT2D eigenvalue weighted by Crippen LogP contribution is 2.15. The van der Waals surface area contributed by atoms with E-state index in [1.807, 2.05) is 0 Å². The summed E-state index contributed by atoms with van der Waals surface area (Å²) in [6, 6.07) is 13.3. The quantitative estimate of drug-likeness (QED) is 0.594. The van der Waals surface area contributed by atoms with Gasteiger partial charge in [0.15, 0.2) is 0 Å². The number of rotatable bonds is 4. The third-order valence-electron chi connectivity index (χ3n) is 2.84. The molecule has 0 aliphatic heterocycles. The van der Waals surface area contributed by atoms with Crippen molar-refractivity contribution in [2.24, 2.45) is 0 Å². The van der Waals surface area contributed by atoms with Crippen LogP contribution in [0.5, 0.6) is 0 Å². The molecule has 0 aliphatic carbocycles. The molecule has 5 nitrogen and oxygen atoms in total. The van der Waals surface area contributed by atoms with Crippen LogP contribution in [0.15, 0.2) is 48.5 Å². The molecular weight excluding hydrogens is 314 g/mol. The van der Waals surface area contributed by atoms with Crippen molar-refractivity contribution in [2.75, 3.05) is 21.8 Å². The monoisotopic (exact) mass is 327 g/mol. The van der Waals surface area contributed by atoms with Gasteiger partial charge in [0, 0.05) is 22.6 Å². The van der Waals surface area contributed by atoms with Crippen molar-refractivity contribution >= 4 is 40.6 Å². The van der Waals surface area contributed by atoms with Gasteiger partial charge in [-0.2, -0.15) is 0 Å². The van der Waals surface area contributed by atoms with Gasteiger partial charge in [0.1, 0.15) is 5.88 Å². The molecule has 0 unspecified atom stereocenters. The van der Waals surface area contributed by atoms with Crippen LogP contribution in [0.2, 0.25) is 0 Å². The molecule has 23 heavy (non-hydrogen) atoms. The van der Waals surface area contributed by atoms with Gasteiger partial charge >= 0.3 is 6.03 Å². The Morgan fingerprint density at radius 1 is 0.957 bits per heavy atom. The van der Waals surface area contributed by atoms with Gasteiger partial charge in [-0.3, -0.25) is 4.79 Å². The number of hydrogen-bond acceptors (Lipinski definition) is 2.